The lowest BCUT2D eigenvalue weighted by atomic mass is 10.0. The molecule has 3 rings (SSSR count). The van der Waals surface area contributed by atoms with Crippen LogP contribution in [0.1, 0.15) is 22.4 Å². The molecule has 0 saturated carbocycles. The number of aryl methyl sites for hydroxylation is 1. The molecule has 0 spiro atoms. The maximum atomic E-state index is 15.2. The molecule has 2 aromatic carbocycles. The van der Waals surface area contributed by atoms with Crippen molar-refractivity contribution in [2.45, 2.75) is 26.3 Å². The molecule has 0 atom stereocenters. The number of nitrogens with zero attached hydrogens (tertiary/aromatic N) is 3. The van der Waals surface area contributed by atoms with Gasteiger partial charge < -0.3 is 10.6 Å². The van der Waals surface area contributed by atoms with Crippen molar-refractivity contribution in [3.63, 3.8) is 0 Å². The zero-order valence-electron chi connectivity index (χ0n) is 19.5. The fraction of sp³-hybridized carbons (Fsp3) is 0.222. The maximum Gasteiger partial charge on any atom is 0.160 e. The quantitative estimate of drug-likeness (QED) is 0.306. The van der Waals surface area contributed by atoms with Gasteiger partial charge in [-0.3, -0.25) is 9.98 Å². The van der Waals surface area contributed by atoms with Crippen LogP contribution in [0.4, 0.5) is 8.78 Å². The molecular weight excluding hydrogens is 432 g/mol. The number of pyridine rings is 1. The summed E-state index contributed by atoms with van der Waals surface area (Å²) >= 11 is 0. The van der Waals surface area contributed by atoms with Crippen molar-refractivity contribution >= 4 is 13.1 Å². The zero-order valence-corrected chi connectivity index (χ0v) is 19.5. The van der Waals surface area contributed by atoms with E-state index < -0.39 is 5.83 Å². The van der Waals surface area contributed by atoms with E-state index in [1.54, 1.807) is 25.4 Å². The standard InChI is InChI=1S/C27H29F2N5/c1-19-15-22(11-14-32-19)21-9-7-20(8-10-21)17-33-27(34-18-31-3)26(29)16-23-5-4-6-25(28)24(23)12-13-30-2/h4-11,14-15,18,30,33H,3,12-13,16-17H2,1-2H3/b27-26+,34-18?. The summed E-state index contributed by atoms with van der Waals surface area (Å²) in [7, 11) is 1.80. The largest absolute Gasteiger partial charge is 0.364 e. The van der Waals surface area contributed by atoms with Crippen LogP contribution < -0.4 is 10.6 Å². The SMILES string of the molecule is C=NC=N/C(NCc1ccc(-c2ccnc(C)c2)cc1)=C(/F)Cc1cccc(F)c1CCNC. The van der Waals surface area contributed by atoms with Crippen LogP contribution in [0.25, 0.3) is 11.1 Å². The third-order valence-electron chi connectivity index (χ3n) is 5.36. The fourth-order valence-electron chi connectivity index (χ4n) is 3.59. The van der Waals surface area contributed by atoms with Gasteiger partial charge >= 0.3 is 0 Å². The van der Waals surface area contributed by atoms with Gasteiger partial charge in [0.2, 0.25) is 0 Å². The molecular formula is C27H29F2N5. The molecule has 3 aromatic rings. The molecule has 0 amide bonds. The number of rotatable bonds is 11. The van der Waals surface area contributed by atoms with E-state index in [4.69, 9.17) is 0 Å². The first-order valence-corrected chi connectivity index (χ1v) is 11.1. The van der Waals surface area contributed by atoms with Crippen LogP contribution in [0.2, 0.25) is 0 Å². The second-order valence-electron chi connectivity index (χ2n) is 7.82. The minimum Gasteiger partial charge on any atom is -0.364 e. The van der Waals surface area contributed by atoms with Gasteiger partial charge in [0.05, 0.1) is 0 Å². The predicted molar refractivity (Wildman–Crippen MR) is 135 cm³/mol. The Kier molecular flexibility index (Phi) is 9.17. The average molecular weight is 462 g/mol. The molecule has 7 heteroatoms. The Morgan fingerprint density at radius 2 is 1.91 bits per heavy atom. The number of benzene rings is 2. The Hall–Kier alpha value is -3.71. The third-order valence-corrected chi connectivity index (χ3v) is 5.36. The summed E-state index contributed by atoms with van der Waals surface area (Å²) in [5.41, 5.74) is 5.16. The van der Waals surface area contributed by atoms with Crippen LogP contribution in [0.5, 0.6) is 0 Å². The monoisotopic (exact) mass is 461 g/mol. The minimum absolute atomic E-state index is 0.0464. The van der Waals surface area contributed by atoms with Gasteiger partial charge in [-0.2, -0.15) is 0 Å². The fourth-order valence-corrected chi connectivity index (χ4v) is 3.59. The second-order valence-corrected chi connectivity index (χ2v) is 7.82. The van der Waals surface area contributed by atoms with Crippen LogP contribution in [0, 0.1) is 12.7 Å². The van der Waals surface area contributed by atoms with Crippen molar-refractivity contribution in [2.75, 3.05) is 13.6 Å². The highest BCUT2D eigenvalue weighted by molar-refractivity contribution is 5.64. The number of nitrogens with one attached hydrogen (secondary N) is 2. The van der Waals surface area contributed by atoms with Crippen LogP contribution in [-0.4, -0.2) is 31.6 Å². The number of aliphatic imine (C=N–C) groups is 2. The average Bonchev–Trinajstić information content (AvgIpc) is 2.84. The van der Waals surface area contributed by atoms with Crippen LogP contribution >= 0.6 is 0 Å². The first kappa shape index (κ1) is 24.9. The molecule has 0 bridgehead atoms. The van der Waals surface area contributed by atoms with E-state index in [0.717, 1.165) is 22.4 Å². The van der Waals surface area contributed by atoms with Crippen LogP contribution in [0.15, 0.2) is 82.4 Å². The smallest absolute Gasteiger partial charge is 0.160 e. The number of allylic oxidation sites excluding steroid dienone is 1. The minimum atomic E-state index is -0.500. The summed E-state index contributed by atoms with van der Waals surface area (Å²) in [5, 5.41) is 6.04. The summed E-state index contributed by atoms with van der Waals surface area (Å²) in [6, 6.07) is 16.7. The van der Waals surface area contributed by atoms with Gasteiger partial charge in [0, 0.05) is 24.9 Å². The van der Waals surface area contributed by atoms with Gasteiger partial charge in [0.1, 0.15) is 18.0 Å². The molecule has 0 fully saturated rings. The number of aromatic nitrogens is 1. The van der Waals surface area contributed by atoms with E-state index >= 15 is 4.39 Å². The topological polar surface area (TPSA) is 61.7 Å². The molecule has 0 aliphatic rings. The van der Waals surface area contributed by atoms with Crippen molar-refractivity contribution in [3.05, 3.63) is 101 Å². The highest BCUT2D eigenvalue weighted by atomic mass is 19.1. The number of hydrogen-bond donors (Lipinski definition) is 2. The molecule has 1 aromatic heterocycles. The molecule has 0 aliphatic heterocycles. The van der Waals surface area contributed by atoms with Gasteiger partial charge in [0.15, 0.2) is 5.82 Å². The normalized spacial score (nSPS) is 12.0. The summed E-state index contributed by atoms with van der Waals surface area (Å²) in [6.45, 7) is 6.28. The first-order valence-electron chi connectivity index (χ1n) is 11.1. The molecule has 1 heterocycles. The summed E-state index contributed by atoms with van der Waals surface area (Å²) in [5.74, 6) is -0.791. The van der Waals surface area contributed by atoms with Crippen molar-refractivity contribution in [1.29, 1.82) is 0 Å². The molecule has 176 valence electrons. The molecule has 34 heavy (non-hydrogen) atoms. The predicted octanol–water partition coefficient (Wildman–Crippen LogP) is 5.16. The number of halogens is 2. The Morgan fingerprint density at radius 1 is 1.12 bits per heavy atom. The molecule has 0 unspecified atom stereocenters. The van der Waals surface area contributed by atoms with Crippen molar-refractivity contribution in [1.82, 2.24) is 15.6 Å². The van der Waals surface area contributed by atoms with Gasteiger partial charge in [-0.25, -0.2) is 13.8 Å². The summed E-state index contributed by atoms with van der Waals surface area (Å²) < 4.78 is 29.6. The van der Waals surface area contributed by atoms with Crippen LogP contribution in [-0.2, 0) is 19.4 Å². The molecule has 0 saturated heterocycles. The second kappa shape index (κ2) is 12.5. The van der Waals surface area contributed by atoms with E-state index in [1.165, 1.54) is 12.4 Å². The van der Waals surface area contributed by atoms with Gasteiger partial charge in [-0.05, 0) is 79.7 Å². The van der Waals surface area contributed by atoms with Crippen molar-refractivity contribution in [2.24, 2.45) is 9.98 Å². The maximum absolute atomic E-state index is 15.2. The van der Waals surface area contributed by atoms with Gasteiger partial charge in [-0.15, -0.1) is 0 Å². The Morgan fingerprint density at radius 3 is 2.62 bits per heavy atom. The van der Waals surface area contributed by atoms with Gasteiger partial charge in [-0.1, -0.05) is 36.4 Å². The van der Waals surface area contributed by atoms with Gasteiger partial charge in [0.25, 0.3) is 0 Å². The van der Waals surface area contributed by atoms with E-state index in [-0.39, 0.29) is 18.1 Å². The Bertz CT molecular complexity index is 1170. The summed E-state index contributed by atoms with van der Waals surface area (Å²) in [4.78, 5) is 11.9. The van der Waals surface area contributed by atoms with E-state index in [2.05, 4.69) is 32.3 Å². The molecule has 0 radical (unpaired) electrons. The van der Waals surface area contributed by atoms with E-state index in [0.29, 0.717) is 30.6 Å². The lowest BCUT2D eigenvalue weighted by molar-refractivity contribution is 0.568. The van der Waals surface area contributed by atoms with Crippen molar-refractivity contribution in [3.8, 4) is 11.1 Å². The molecule has 2 N–H and O–H groups in total. The number of hydrogen-bond acceptors (Lipinski definition) is 4. The van der Waals surface area contributed by atoms with E-state index in [9.17, 15) is 4.39 Å². The first-order chi connectivity index (χ1) is 16.5. The van der Waals surface area contributed by atoms with Crippen molar-refractivity contribution < 1.29 is 8.78 Å². The summed E-state index contributed by atoms with van der Waals surface area (Å²) in [6.07, 6.45) is 3.36. The third kappa shape index (κ3) is 6.89. The lowest BCUT2D eigenvalue weighted by Gasteiger charge is -2.12. The molecule has 5 nitrogen and oxygen atoms in total. The zero-order chi connectivity index (χ0) is 24.3. The Labute approximate surface area is 199 Å². The molecule has 0 aliphatic carbocycles. The highest BCUT2D eigenvalue weighted by Crippen LogP contribution is 2.22. The highest BCUT2D eigenvalue weighted by Gasteiger charge is 2.13. The van der Waals surface area contributed by atoms with E-state index in [1.807, 2.05) is 43.3 Å². The lowest BCUT2D eigenvalue weighted by Crippen LogP contribution is -2.15. The number of likely N-dealkylation sites (N-methyl/N-ethyl adjacent to an activating group) is 1. The van der Waals surface area contributed by atoms with Crippen LogP contribution in [0.3, 0.4) is 0 Å². The Balaban J connectivity index is 1.76.